The lowest BCUT2D eigenvalue weighted by Gasteiger charge is -2.28. The number of hydrogen-bond acceptors (Lipinski definition) is 6. The van der Waals surface area contributed by atoms with Crippen LogP contribution in [0.4, 0.5) is 39.9 Å². The molecule has 5 nitrogen and oxygen atoms in total. The maximum Gasteiger partial charge on any atom is 0.137 e. The largest absolute Gasteiger partial charge is 0.457 e. The van der Waals surface area contributed by atoms with Gasteiger partial charge >= 0.3 is 0 Å². The molecule has 0 unspecified atom stereocenters. The number of rotatable bonds is 5. The Bertz CT molecular complexity index is 3050. The first-order chi connectivity index (χ1) is 28.4. The number of thiophene rings is 1. The highest BCUT2D eigenvalue weighted by Crippen LogP contribution is 2.52. The number of para-hydroxylation sites is 3. The number of anilines is 7. The first-order valence-corrected chi connectivity index (χ1v) is 20.6. The molecule has 7 aromatic carbocycles. The maximum absolute atomic E-state index is 6.81. The lowest BCUT2D eigenvalue weighted by atomic mass is 9.87. The predicted octanol–water partition coefficient (Wildman–Crippen LogP) is 14.9. The fraction of sp³-hybridized carbons (Fsp3) is 0.0962. The van der Waals surface area contributed by atoms with Gasteiger partial charge in [0, 0.05) is 61.0 Å². The summed E-state index contributed by atoms with van der Waals surface area (Å²) in [6.07, 6.45) is 1.93. The van der Waals surface area contributed by atoms with Crippen molar-refractivity contribution in [3.63, 3.8) is 0 Å². The van der Waals surface area contributed by atoms with Crippen LogP contribution in [0.1, 0.15) is 26.3 Å². The summed E-state index contributed by atoms with van der Waals surface area (Å²) in [6.45, 7) is 7.43. The van der Waals surface area contributed by atoms with Gasteiger partial charge in [0.25, 0.3) is 0 Å². The molecule has 58 heavy (non-hydrogen) atoms. The number of benzene rings is 7. The summed E-state index contributed by atoms with van der Waals surface area (Å²) in [7, 11) is 0. The summed E-state index contributed by atoms with van der Waals surface area (Å²) >= 11 is 1.86. The van der Waals surface area contributed by atoms with Crippen molar-refractivity contribution in [3.05, 3.63) is 182 Å². The van der Waals surface area contributed by atoms with Crippen molar-refractivity contribution in [2.75, 3.05) is 21.4 Å². The third-order valence-corrected chi connectivity index (χ3v) is 12.6. The second kappa shape index (κ2) is 13.4. The highest BCUT2D eigenvalue weighted by atomic mass is 32.1. The average molecular weight is 769 g/mol. The predicted molar refractivity (Wildman–Crippen MR) is 243 cm³/mol. The molecule has 11 rings (SSSR count). The van der Waals surface area contributed by atoms with Crippen LogP contribution >= 0.6 is 11.3 Å². The lowest BCUT2D eigenvalue weighted by molar-refractivity contribution is 0.483. The van der Waals surface area contributed by atoms with Crippen LogP contribution in [0.15, 0.2) is 176 Å². The smallest absolute Gasteiger partial charge is 0.137 e. The first kappa shape index (κ1) is 34.4. The van der Waals surface area contributed by atoms with Crippen LogP contribution in [0.5, 0.6) is 11.5 Å². The molecular weight excluding hydrogens is 729 g/mol. The molecule has 2 aliphatic rings. The van der Waals surface area contributed by atoms with Gasteiger partial charge in [-0.05, 0) is 94.9 Å². The SMILES string of the molecule is CC(C)(C)c1ccnc(N2c3ccccc3-c3ccccc3-c3ccc(Oc4cccc(N5CN(c6ccc7c(c6)sc6ccccc67)c6ccccc65)c4)cc32)c1. The van der Waals surface area contributed by atoms with E-state index in [1.165, 1.54) is 53.9 Å². The summed E-state index contributed by atoms with van der Waals surface area (Å²) in [6, 6.07) is 60.8. The normalized spacial score (nSPS) is 13.3. The van der Waals surface area contributed by atoms with Gasteiger partial charge in [-0.2, -0.15) is 0 Å². The first-order valence-electron chi connectivity index (χ1n) is 19.8. The van der Waals surface area contributed by atoms with Crippen LogP contribution < -0.4 is 19.4 Å². The fourth-order valence-electron chi connectivity index (χ4n) is 8.61. The summed E-state index contributed by atoms with van der Waals surface area (Å²) in [5, 5.41) is 2.63. The van der Waals surface area contributed by atoms with E-state index in [1.807, 2.05) is 23.6 Å². The van der Waals surface area contributed by atoms with E-state index < -0.39 is 0 Å². The van der Waals surface area contributed by atoms with Crippen molar-refractivity contribution in [2.24, 2.45) is 0 Å². The average Bonchev–Trinajstić information content (AvgIpc) is 3.79. The van der Waals surface area contributed by atoms with E-state index >= 15 is 0 Å². The molecule has 0 saturated heterocycles. The number of fused-ring (bicyclic) bond motifs is 9. The summed E-state index contributed by atoms with van der Waals surface area (Å²) in [5.41, 5.74) is 12.5. The molecule has 6 heteroatoms. The van der Waals surface area contributed by atoms with Gasteiger partial charge < -0.3 is 14.5 Å². The Morgan fingerprint density at radius 1 is 0.500 bits per heavy atom. The fourth-order valence-corrected chi connectivity index (χ4v) is 9.75. The Hall–Kier alpha value is -6.89. The van der Waals surface area contributed by atoms with Gasteiger partial charge in [-0.25, -0.2) is 4.98 Å². The number of pyridine rings is 1. The van der Waals surface area contributed by atoms with E-state index in [0.29, 0.717) is 6.67 Å². The molecule has 2 aromatic heterocycles. The minimum Gasteiger partial charge on any atom is -0.457 e. The number of hydrogen-bond donors (Lipinski definition) is 0. The van der Waals surface area contributed by atoms with Gasteiger partial charge in [0.1, 0.15) is 24.0 Å². The molecular formula is C52H40N4OS. The Labute approximate surface area is 342 Å². The maximum atomic E-state index is 6.81. The van der Waals surface area contributed by atoms with Crippen LogP contribution in [-0.2, 0) is 5.41 Å². The Balaban J connectivity index is 0.966. The van der Waals surface area contributed by atoms with Crippen LogP contribution in [-0.4, -0.2) is 11.7 Å². The van der Waals surface area contributed by atoms with E-state index in [1.54, 1.807) is 0 Å². The zero-order valence-corrected chi connectivity index (χ0v) is 33.4. The third-order valence-electron chi connectivity index (χ3n) is 11.5. The van der Waals surface area contributed by atoms with Crippen LogP contribution in [0, 0.1) is 0 Å². The quantitative estimate of drug-likeness (QED) is 0.174. The molecule has 0 radical (unpaired) electrons. The molecule has 0 fully saturated rings. The molecule has 0 atom stereocenters. The van der Waals surface area contributed by atoms with Gasteiger partial charge in [0.15, 0.2) is 0 Å². The Morgan fingerprint density at radius 2 is 1.14 bits per heavy atom. The number of nitrogens with zero attached hydrogens (tertiary/aromatic N) is 4. The molecule has 0 saturated carbocycles. The Morgan fingerprint density at radius 3 is 1.91 bits per heavy atom. The van der Waals surface area contributed by atoms with Crippen molar-refractivity contribution in [1.29, 1.82) is 0 Å². The van der Waals surface area contributed by atoms with Crippen LogP contribution in [0.3, 0.4) is 0 Å². The van der Waals surface area contributed by atoms with Crippen molar-refractivity contribution in [2.45, 2.75) is 26.2 Å². The van der Waals surface area contributed by atoms with Crippen LogP contribution in [0.25, 0.3) is 42.4 Å². The molecule has 0 spiro atoms. The molecule has 0 aliphatic carbocycles. The van der Waals surface area contributed by atoms with Gasteiger partial charge in [0.05, 0.1) is 22.7 Å². The van der Waals surface area contributed by atoms with Gasteiger partial charge in [0.2, 0.25) is 0 Å². The lowest BCUT2D eigenvalue weighted by Crippen LogP contribution is -2.23. The second-order valence-corrected chi connectivity index (χ2v) is 17.2. The van der Waals surface area contributed by atoms with Crippen LogP contribution in [0.2, 0.25) is 0 Å². The van der Waals surface area contributed by atoms with E-state index in [0.717, 1.165) is 45.5 Å². The Kier molecular flexibility index (Phi) is 7.92. The topological polar surface area (TPSA) is 31.8 Å². The summed E-state index contributed by atoms with van der Waals surface area (Å²) < 4.78 is 9.43. The molecule has 0 N–H and O–H groups in total. The minimum absolute atomic E-state index is 0.0372. The molecule has 2 aliphatic heterocycles. The van der Waals surface area contributed by atoms with E-state index in [2.05, 4.69) is 199 Å². The highest BCUT2D eigenvalue weighted by Gasteiger charge is 2.30. The molecule has 4 heterocycles. The minimum atomic E-state index is -0.0372. The molecule has 0 bridgehead atoms. The highest BCUT2D eigenvalue weighted by molar-refractivity contribution is 7.25. The summed E-state index contributed by atoms with van der Waals surface area (Å²) in [4.78, 5) is 12.1. The number of aromatic nitrogens is 1. The second-order valence-electron chi connectivity index (χ2n) is 16.1. The van der Waals surface area contributed by atoms with Crippen molar-refractivity contribution in [3.8, 4) is 33.8 Å². The molecule has 280 valence electrons. The summed E-state index contributed by atoms with van der Waals surface area (Å²) in [5.74, 6) is 2.40. The van der Waals surface area contributed by atoms with Crippen molar-refractivity contribution in [1.82, 2.24) is 4.98 Å². The van der Waals surface area contributed by atoms with Gasteiger partial charge in [-0.15, -0.1) is 11.3 Å². The third kappa shape index (κ3) is 5.71. The van der Waals surface area contributed by atoms with Crippen molar-refractivity contribution < 1.29 is 4.74 Å². The van der Waals surface area contributed by atoms with Gasteiger partial charge in [-0.1, -0.05) is 106 Å². The van der Waals surface area contributed by atoms with E-state index in [9.17, 15) is 0 Å². The monoisotopic (exact) mass is 768 g/mol. The van der Waals surface area contributed by atoms with Crippen molar-refractivity contribution >= 4 is 71.5 Å². The number of ether oxygens (including phenoxy) is 1. The molecule has 0 amide bonds. The standard InChI is InChI=1S/C52H40N4OS/c1-52(2,3)34-27-28-53-51(29-34)56-45-19-8-6-17-41(45)39-15-4-5-16-40(39)42-26-24-38(32-48(42)56)57-37-14-12-13-35(30-37)54-33-55(47-21-10-9-20-46(47)54)36-23-25-44-43-18-7-11-22-49(43)58-50(44)31-36/h4-32H,33H2,1-3H3. The van der Waals surface area contributed by atoms with E-state index in [-0.39, 0.29) is 5.41 Å². The van der Waals surface area contributed by atoms with E-state index in [4.69, 9.17) is 9.72 Å². The zero-order valence-electron chi connectivity index (χ0n) is 32.6. The zero-order chi connectivity index (χ0) is 39.0. The van der Waals surface area contributed by atoms with Gasteiger partial charge in [-0.3, -0.25) is 4.90 Å². The molecule has 9 aromatic rings.